The van der Waals surface area contributed by atoms with Crippen LogP contribution in [0.3, 0.4) is 0 Å². The molecule has 1 aromatic carbocycles. The summed E-state index contributed by atoms with van der Waals surface area (Å²) >= 11 is 0. The monoisotopic (exact) mass is 460 g/mol. The molecular formula is C23H26F2N4O4. The topological polar surface area (TPSA) is 93.0 Å². The van der Waals surface area contributed by atoms with E-state index < -0.39 is 12.3 Å². The number of rotatable bonds is 6. The quantitative estimate of drug-likeness (QED) is 0.660. The second-order valence-corrected chi connectivity index (χ2v) is 9.25. The highest BCUT2D eigenvalue weighted by atomic mass is 19.3. The lowest BCUT2D eigenvalue weighted by atomic mass is 9.89. The molecule has 0 radical (unpaired) electrons. The van der Waals surface area contributed by atoms with Gasteiger partial charge in [0.15, 0.2) is 0 Å². The van der Waals surface area contributed by atoms with Gasteiger partial charge >= 0.3 is 6.43 Å². The van der Waals surface area contributed by atoms with Crippen molar-refractivity contribution in [2.45, 2.75) is 82.0 Å². The summed E-state index contributed by atoms with van der Waals surface area (Å²) in [7, 11) is 0. The number of hydrogen-bond acceptors (Lipinski definition) is 7. The number of ether oxygens (including phenoxy) is 2. The Morgan fingerprint density at radius 3 is 2.79 bits per heavy atom. The van der Waals surface area contributed by atoms with Gasteiger partial charge in [-0.2, -0.15) is 8.78 Å². The fourth-order valence-corrected chi connectivity index (χ4v) is 5.46. The Bertz CT molecular complexity index is 1040. The molecule has 8 nitrogen and oxygen atoms in total. The third-order valence-corrected chi connectivity index (χ3v) is 7.18. The van der Waals surface area contributed by atoms with Crippen LogP contribution in [0.1, 0.15) is 66.8 Å². The van der Waals surface area contributed by atoms with Crippen LogP contribution in [0.25, 0.3) is 11.5 Å². The molecule has 1 aliphatic carbocycles. The number of aromatic nitrogens is 2. The largest absolute Gasteiger partial charge is 0.415 e. The highest BCUT2D eigenvalue weighted by molar-refractivity contribution is 5.99. The molecule has 0 bridgehead atoms. The smallest absolute Gasteiger partial charge is 0.314 e. The maximum absolute atomic E-state index is 13.4. The van der Waals surface area contributed by atoms with Crippen molar-refractivity contribution in [3.05, 3.63) is 35.2 Å². The SMILES string of the molecule is O=C1c2cc(-c3nnc(C(F)F)o3)ccc2CN1[C@@H]1CCCC[C@H]1NC1OC1[C@H]1CCCO1. The van der Waals surface area contributed by atoms with E-state index in [9.17, 15) is 13.6 Å². The molecule has 4 aliphatic rings. The fourth-order valence-electron chi connectivity index (χ4n) is 5.46. The van der Waals surface area contributed by atoms with Crippen LogP contribution in [0.5, 0.6) is 0 Å². The van der Waals surface area contributed by atoms with Crippen LogP contribution in [0, 0.1) is 0 Å². The van der Waals surface area contributed by atoms with Crippen molar-refractivity contribution in [3.8, 4) is 11.5 Å². The molecule has 2 aromatic rings. The lowest BCUT2D eigenvalue weighted by molar-refractivity contribution is 0.0592. The van der Waals surface area contributed by atoms with Crippen molar-refractivity contribution in [2.75, 3.05) is 6.61 Å². The Kier molecular flexibility index (Phi) is 5.38. The van der Waals surface area contributed by atoms with Gasteiger partial charge in [-0.1, -0.05) is 18.9 Å². The number of halogens is 2. The van der Waals surface area contributed by atoms with Crippen molar-refractivity contribution in [3.63, 3.8) is 0 Å². The minimum Gasteiger partial charge on any atom is -0.415 e. The molecule has 1 amide bonds. The van der Waals surface area contributed by atoms with Crippen LogP contribution in [-0.4, -0.2) is 58.1 Å². The first-order chi connectivity index (χ1) is 16.1. The molecule has 2 saturated heterocycles. The third kappa shape index (κ3) is 3.94. The van der Waals surface area contributed by atoms with E-state index in [1.54, 1.807) is 12.1 Å². The Balaban J connectivity index is 1.17. The average molecular weight is 460 g/mol. The van der Waals surface area contributed by atoms with Crippen LogP contribution in [0.4, 0.5) is 8.78 Å². The Hall–Kier alpha value is -2.43. The predicted molar refractivity (Wildman–Crippen MR) is 111 cm³/mol. The van der Waals surface area contributed by atoms with E-state index in [0.717, 1.165) is 50.7 Å². The van der Waals surface area contributed by atoms with Crippen LogP contribution in [0.15, 0.2) is 22.6 Å². The average Bonchev–Trinajstić information content (AvgIpc) is 3.24. The van der Waals surface area contributed by atoms with Crippen molar-refractivity contribution in [2.24, 2.45) is 0 Å². The summed E-state index contributed by atoms with van der Waals surface area (Å²) in [5.41, 5.74) is 1.95. The van der Waals surface area contributed by atoms with Crippen LogP contribution >= 0.6 is 0 Å². The maximum Gasteiger partial charge on any atom is 0.314 e. The predicted octanol–water partition coefficient (Wildman–Crippen LogP) is 3.43. The van der Waals surface area contributed by atoms with E-state index in [1.807, 2.05) is 11.0 Å². The van der Waals surface area contributed by atoms with Gasteiger partial charge in [-0.25, -0.2) is 0 Å². The summed E-state index contributed by atoms with van der Waals surface area (Å²) in [4.78, 5) is 15.3. The number of carbonyl (C=O) groups excluding carboxylic acids is 1. The zero-order valence-corrected chi connectivity index (χ0v) is 18.1. The summed E-state index contributed by atoms with van der Waals surface area (Å²) in [6.07, 6.45) is 3.69. The van der Waals surface area contributed by atoms with Gasteiger partial charge in [-0.15, -0.1) is 10.2 Å². The standard InChI is InChI=1S/C23H26F2N4O4/c24-19(25)22-28-27-20(33-22)12-7-8-13-11-29(23(30)14(13)10-12)16-5-2-1-4-15(16)26-21-18(32-21)17-6-3-9-31-17/h7-8,10,15-19,21,26H,1-6,9,11H2/t15-,16-,17-,18?,21?/m1/s1. The summed E-state index contributed by atoms with van der Waals surface area (Å²) in [6, 6.07) is 5.49. The van der Waals surface area contributed by atoms with E-state index in [2.05, 4.69) is 15.5 Å². The first kappa shape index (κ1) is 21.1. The van der Waals surface area contributed by atoms with Crippen molar-refractivity contribution < 1.29 is 27.5 Å². The molecule has 0 spiro atoms. The number of epoxide rings is 1. The maximum atomic E-state index is 13.4. The van der Waals surface area contributed by atoms with Gasteiger partial charge in [-0.3, -0.25) is 10.1 Å². The Morgan fingerprint density at radius 2 is 2.00 bits per heavy atom. The van der Waals surface area contributed by atoms with Crippen LogP contribution in [-0.2, 0) is 16.0 Å². The Morgan fingerprint density at radius 1 is 1.12 bits per heavy atom. The molecule has 3 aliphatic heterocycles. The number of fused-ring (bicyclic) bond motifs is 1. The number of hydrogen-bond donors (Lipinski definition) is 1. The van der Waals surface area contributed by atoms with Crippen molar-refractivity contribution in [1.29, 1.82) is 0 Å². The van der Waals surface area contributed by atoms with Gasteiger partial charge in [0, 0.05) is 36.4 Å². The van der Waals surface area contributed by atoms with Gasteiger partial charge in [-0.05, 0) is 43.4 Å². The fraction of sp³-hybridized carbons (Fsp3) is 0.609. The first-order valence-electron chi connectivity index (χ1n) is 11.7. The van der Waals surface area contributed by atoms with Crippen molar-refractivity contribution in [1.82, 2.24) is 20.4 Å². The number of benzene rings is 1. The van der Waals surface area contributed by atoms with E-state index in [1.165, 1.54) is 0 Å². The molecule has 2 unspecified atom stereocenters. The lowest BCUT2D eigenvalue weighted by Gasteiger charge is -2.38. The van der Waals surface area contributed by atoms with E-state index in [-0.39, 0.29) is 42.3 Å². The summed E-state index contributed by atoms with van der Waals surface area (Å²) in [5.74, 6) is -0.785. The summed E-state index contributed by atoms with van der Waals surface area (Å²) in [5, 5.41) is 10.7. The second-order valence-electron chi connectivity index (χ2n) is 9.25. The molecule has 1 saturated carbocycles. The minimum atomic E-state index is -2.83. The van der Waals surface area contributed by atoms with E-state index >= 15 is 0 Å². The number of carbonyl (C=O) groups is 1. The molecule has 4 heterocycles. The first-order valence-corrected chi connectivity index (χ1v) is 11.7. The molecule has 10 heteroatoms. The van der Waals surface area contributed by atoms with Gasteiger partial charge in [0.1, 0.15) is 12.3 Å². The van der Waals surface area contributed by atoms with Crippen LogP contribution in [0.2, 0.25) is 0 Å². The third-order valence-electron chi connectivity index (χ3n) is 7.18. The zero-order chi connectivity index (χ0) is 22.5. The molecule has 6 rings (SSSR count). The van der Waals surface area contributed by atoms with E-state index in [0.29, 0.717) is 17.7 Å². The Labute approximate surface area is 189 Å². The highest BCUT2D eigenvalue weighted by Crippen LogP contribution is 2.36. The number of nitrogens with one attached hydrogen (secondary N) is 1. The summed E-state index contributed by atoms with van der Waals surface area (Å²) in [6.45, 7) is 1.34. The molecular weight excluding hydrogens is 434 g/mol. The minimum absolute atomic E-state index is 0.00746. The number of nitrogens with zero attached hydrogens (tertiary/aromatic N) is 3. The molecule has 1 N–H and O–H groups in total. The van der Waals surface area contributed by atoms with Gasteiger partial charge in [0.25, 0.3) is 11.8 Å². The summed E-state index contributed by atoms with van der Waals surface area (Å²) < 4.78 is 42.3. The molecule has 5 atom stereocenters. The molecule has 1 aromatic heterocycles. The lowest BCUT2D eigenvalue weighted by Crippen LogP contribution is -2.53. The zero-order valence-electron chi connectivity index (χ0n) is 18.1. The van der Waals surface area contributed by atoms with Gasteiger partial charge < -0.3 is 18.8 Å². The molecule has 176 valence electrons. The number of alkyl halides is 2. The van der Waals surface area contributed by atoms with E-state index in [4.69, 9.17) is 13.9 Å². The van der Waals surface area contributed by atoms with Crippen molar-refractivity contribution >= 4 is 5.91 Å². The second kappa shape index (κ2) is 8.41. The van der Waals surface area contributed by atoms with Gasteiger partial charge in [0.05, 0.1) is 6.10 Å². The normalized spacial score (nSPS) is 31.4. The van der Waals surface area contributed by atoms with Gasteiger partial charge in [0.2, 0.25) is 5.89 Å². The van der Waals surface area contributed by atoms with Crippen LogP contribution < -0.4 is 5.32 Å². The molecule has 3 fully saturated rings. The highest BCUT2D eigenvalue weighted by Gasteiger charge is 2.49. The number of amides is 1. The molecule has 33 heavy (non-hydrogen) atoms.